The van der Waals surface area contributed by atoms with Crippen LogP contribution in [-0.2, 0) is 25.5 Å². The molecule has 0 bridgehead atoms. The second kappa shape index (κ2) is 7.02. The second-order valence-corrected chi connectivity index (χ2v) is 5.04. The first kappa shape index (κ1) is 15.2. The van der Waals surface area contributed by atoms with Crippen LogP contribution in [0, 0.1) is 5.92 Å². The zero-order valence-corrected chi connectivity index (χ0v) is 12.1. The van der Waals surface area contributed by atoms with Gasteiger partial charge >= 0.3 is 5.97 Å². The summed E-state index contributed by atoms with van der Waals surface area (Å²) < 4.78 is 4.88. The molecule has 1 atom stereocenters. The highest BCUT2D eigenvalue weighted by atomic mass is 16.5. The van der Waals surface area contributed by atoms with Crippen LogP contribution < -0.4 is 0 Å². The van der Waals surface area contributed by atoms with Crippen molar-refractivity contribution in [2.45, 2.75) is 19.8 Å². The molecular weight excluding hydrogens is 270 g/mol. The van der Waals surface area contributed by atoms with Crippen molar-refractivity contribution >= 4 is 17.7 Å². The van der Waals surface area contributed by atoms with Gasteiger partial charge in [0.15, 0.2) is 5.78 Å². The maximum atomic E-state index is 12.2. The minimum Gasteiger partial charge on any atom is -0.465 e. The van der Waals surface area contributed by atoms with Crippen molar-refractivity contribution in [2.75, 3.05) is 19.7 Å². The molecule has 0 radical (unpaired) electrons. The zero-order valence-electron chi connectivity index (χ0n) is 12.1. The van der Waals surface area contributed by atoms with Gasteiger partial charge in [-0.15, -0.1) is 0 Å². The number of carbonyl (C=O) groups excluding carboxylic acids is 3. The molecule has 1 heterocycles. The lowest BCUT2D eigenvalue weighted by molar-refractivity contribution is -0.155. The van der Waals surface area contributed by atoms with E-state index in [1.165, 1.54) is 4.90 Å². The van der Waals surface area contributed by atoms with Gasteiger partial charge in [-0.25, -0.2) is 0 Å². The molecule has 0 N–H and O–H groups in total. The van der Waals surface area contributed by atoms with Crippen LogP contribution in [0.1, 0.15) is 18.9 Å². The third kappa shape index (κ3) is 3.90. The number of carbonyl (C=O) groups is 3. The fraction of sp³-hybridized carbons (Fsp3) is 0.438. The Hall–Kier alpha value is -2.17. The van der Waals surface area contributed by atoms with Crippen LogP contribution in [-0.4, -0.2) is 42.3 Å². The Kier molecular flexibility index (Phi) is 5.09. The second-order valence-electron chi connectivity index (χ2n) is 5.04. The van der Waals surface area contributed by atoms with Crippen LogP contribution >= 0.6 is 0 Å². The van der Waals surface area contributed by atoms with Crippen LogP contribution in [0.2, 0.25) is 0 Å². The minimum atomic E-state index is -0.717. The van der Waals surface area contributed by atoms with Gasteiger partial charge in [-0.1, -0.05) is 30.3 Å². The Labute approximate surface area is 123 Å². The number of Topliss-reactive ketones (excluding diaryl/α,β-unsaturated/α-hetero) is 1. The van der Waals surface area contributed by atoms with Crippen LogP contribution in [0.4, 0.5) is 0 Å². The first-order valence-corrected chi connectivity index (χ1v) is 7.13. The number of ketones is 1. The van der Waals surface area contributed by atoms with Crippen molar-refractivity contribution in [3.63, 3.8) is 0 Å². The monoisotopic (exact) mass is 289 g/mol. The SMILES string of the molecule is CCOC(=O)C1CCN(C(=O)Cc2ccccc2)CC1=O. The van der Waals surface area contributed by atoms with Gasteiger partial charge in [0.25, 0.3) is 0 Å². The quantitative estimate of drug-likeness (QED) is 0.617. The van der Waals surface area contributed by atoms with Crippen molar-refractivity contribution < 1.29 is 19.1 Å². The number of hydrogen-bond acceptors (Lipinski definition) is 4. The van der Waals surface area contributed by atoms with Crippen LogP contribution in [0.25, 0.3) is 0 Å². The molecule has 1 amide bonds. The molecule has 1 fully saturated rings. The van der Waals surface area contributed by atoms with Gasteiger partial charge in [-0.3, -0.25) is 14.4 Å². The van der Waals surface area contributed by atoms with Gasteiger partial charge < -0.3 is 9.64 Å². The van der Waals surface area contributed by atoms with Crippen LogP contribution in [0.3, 0.4) is 0 Å². The molecule has 1 aliphatic heterocycles. The van der Waals surface area contributed by atoms with Gasteiger partial charge in [0.05, 0.1) is 19.6 Å². The Morgan fingerprint density at radius 3 is 2.62 bits per heavy atom. The summed E-state index contributed by atoms with van der Waals surface area (Å²) >= 11 is 0. The van der Waals surface area contributed by atoms with E-state index in [-0.39, 0.29) is 31.3 Å². The summed E-state index contributed by atoms with van der Waals surface area (Å²) in [6, 6.07) is 9.40. The maximum Gasteiger partial charge on any atom is 0.316 e. The average molecular weight is 289 g/mol. The summed E-state index contributed by atoms with van der Waals surface area (Å²) in [5.41, 5.74) is 0.919. The first-order valence-electron chi connectivity index (χ1n) is 7.13. The molecule has 5 heteroatoms. The van der Waals surface area contributed by atoms with Crippen molar-refractivity contribution in [1.82, 2.24) is 4.90 Å². The molecule has 21 heavy (non-hydrogen) atoms. The van der Waals surface area contributed by atoms with Crippen molar-refractivity contribution in [3.05, 3.63) is 35.9 Å². The average Bonchev–Trinajstić information content (AvgIpc) is 2.48. The molecule has 2 rings (SSSR count). The van der Waals surface area contributed by atoms with Gasteiger partial charge in [0.1, 0.15) is 5.92 Å². The summed E-state index contributed by atoms with van der Waals surface area (Å²) in [5, 5.41) is 0. The van der Waals surface area contributed by atoms with Crippen LogP contribution in [0.5, 0.6) is 0 Å². The highest BCUT2D eigenvalue weighted by Gasteiger charge is 2.35. The molecule has 5 nitrogen and oxygen atoms in total. The largest absolute Gasteiger partial charge is 0.465 e. The molecule has 0 spiro atoms. The maximum absolute atomic E-state index is 12.2. The summed E-state index contributed by atoms with van der Waals surface area (Å²) in [6.07, 6.45) is 0.621. The third-order valence-electron chi connectivity index (χ3n) is 3.55. The Balaban J connectivity index is 1.91. The lowest BCUT2D eigenvalue weighted by Gasteiger charge is -2.29. The lowest BCUT2D eigenvalue weighted by atomic mass is 9.95. The van der Waals surface area contributed by atoms with E-state index in [0.29, 0.717) is 13.0 Å². The summed E-state index contributed by atoms with van der Waals surface area (Å²) in [4.78, 5) is 37.3. The van der Waals surface area contributed by atoms with E-state index in [0.717, 1.165) is 5.56 Å². The number of esters is 1. The van der Waals surface area contributed by atoms with Crippen LogP contribution in [0.15, 0.2) is 30.3 Å². The topological polar surface area (TPSA) is 63.7 Å². The number of piperidine rings is 1. The van der Waals surface area contributed by atoms with Gasteiger partial charge in [0, 0.05) is 6.54 Å². The molecule has 0 aliphatic carbocycles. The summed E-state index contributed by atoms with van der Waals surface area (Å²) in [6.45, 7) is 2.39. The normalized spacial score (nSPS) is 18.4. The fourth-order valence-electron chi connectivity index (χ4n) is 2.41. The Bertz CT molecular complexity index is 526. The van der Waals surface area contributed by atoms with E-state index in [1.54, 1.807) is 6.92 Å². The van der Waals surface area contributed by atoms with Crippen molar-refractivity contribution in [2.24, 2.45) is 5.92 Å². The van der Waals surface area contributed by atoms with Crippen molar-refractivity contribution in [1.29, 1.82) is 0 Å². The van der Waals surface area contributed by atoms with E-state index in [4.69, 9.17) is 4.74 Å². The minimum absolute atomic E-state index is 0.00481. The molecule has 0 saturated carbocycles. The predicted octanol–water partition coefficient (Wildman–Crippen LogP) is 1.21. The number of benzene rings is 1. The molecule has 1 saturated heterocycles. The van der Waals surface area contributed by atoms with Gasteiger partial charge in [0.2, 0.25) is 5.91 Å². The third-order valence-corrected chi connectivity index (χ3v) is 3.55. The summed E-state index contributed by atoms with van der Waals surface area (Å²) in [7, 11) is 0. The number of rotatable bonds is 4. The molecular formula is C16H19NO4. The lowest BCUT2D eigenvalue weighted by Crippen LogP contribution is -2.47. The number of ether oxygens (including phenoxy) is 1. The Morgan fingerprint density at radius 1 is 1.29 bits per heavy atom. The standard InChI is InChI=1S/C16H19NO4/c1-2-21-16(20)13-8-9-17(11-14(13)18)15(19)10-12-6-4-3-5-7-12/h3-7,13H,2,8-11H2,1H3. The molecule has 0 aromatic heterocycles. The number of likely N-dealkylation sites (tertiary alicyclic amines) is 1. The molecule has 1 aromatic rings. The number of nitrogens with zero attached hydrogens (tertiary/aromatic N) is 1. The van der Waals surface area contributed by atoms with Gasteiger partial charge in [-0.2, -0.15) is 0 Å². The highest BCUT2D eigenvalue weighted by Crippen LogP contribution is 2.17. The van der Waals surface area contributed by atoms with E-state index >= 15 is 0 Å². The van der Waals surface area contributed by atoms with E-state index in [9.17, 15) is 14.4 Å². The smallest absolute Gasteiger partial charge is 0.316 e. The first-order chi connectivity index (χ1) is 10.1. The predicted molar refractivity (Wildman–Crippen MR) is 76.5 cm³/mol. The zero-order chi connectivity index (χ0) is 15.2. The van der Waals surface area contributed by atoms with E-state index in [1.807, 2.05) is 30.3 Å². The molecule has 112 valence electrons. The van der Waals surface area contributed by atoms with E-state index in [2.05, 4.69) is 0 Å². The number of hydrogen-bond donors (Lipinski definition) is 0. The number of amides is 1. The summed E-state index contributed by atoms with van der Waals surface area (Å²) in [5.74, 6) is -1.51. The highest BCUT2D eigenvalue weighted by molar-refractivity contribution is 6.02. The molecule has 1 aliphatic rings. The molecule has 1 unspecified atom stereocenters. The Morgan fingerprint density at radius 2 is 2.00 bits per heavy atom. The van der Waals surface area contributed by atoms with Crippen molar-refractivity contribution in [3.8, 4) is 0 Å². The van der Waals surface area contributed by atoms with E-state index < -0.39 is 11.9 Å². The van der Waals surface area contributed by atoms with Gasteiger partial charge in [-0.05, 0) is 18.9 Å². The fourth-order valence-corrected chi connectivity index (χ4v) is 2.41. The molecule has 1 aromatic carbocycles.